The van der Waals surface area contributed by atoms with Crippen LogP contribution in [0, 0.1) is 6.92 Å². The molecule has 0 aromatic carbocycles. The van der Waals surface area contributed by atoms with Crippen LogP contribution < -0.4 is 11.1 Å². The third-order valence-corrected chi connectivity index (χ3v) is 2.69. The minimum absolute atomic E-state index is 0.283. The summed E-state index contributed by atoms with van der Waals surface area (Å²) in [4.78, 5) is 4.35. The van der Waals surface area contributed by atoms with Crippen LogP contribution in [0.5, 0.6) is 0 Å². The van der Waals surface area contributed by atoms with Crippen LogP contribution in [0.2, 0.25) is 0 Å². The van der Waals surface area contributed by atoms with Crippen molar-refractivity contribution in [2.75, 3.05) is 6.54 Å². The van der Waals surface area contributed by atoms with Gasteiger partial charge in [-0.25, -0.2) is 4.98 Å². The molecule has 1 aromatic rings. The first-order valence-corrected chi connectivity index (χ1v) is 5.43. The van der Waals surface area contributed by atoms with Gasteiger partial charge in [0.2, 0.25) is 0 Å². The highest BCUT2D eigenvalue weighted by atomic mass is 32.1. The Morgan fingerprint density at radius 2 is 2.46 bits per heavy atom. The number of aryl methyl sites for hydroxylation is 1. The van der Waals surface area contributed by atoms with Gasteiger partial charge in [-0.15, -0.1) is 11.3 Å². The lowest BCUT2D eigenvalue weighted by Gasteiger charge is -2.04. The van der Waals surface area contributed by atoms with Crippen LogP contribution in [-0.2, 0) is 6.54 Å². The van der Waals surface area contributed by atoms with Gasteiger partial charge in [0, 0.05) is 23.7 Å². The number of nitrogens with one attached hydrogen (secondary N) is 1. The minimum Gasteiger partial charge on any atom is -0.328 e. The second-order valence-corrected chi connectivity index (χ2v) is 4.27. The summed E-state index contributed by atoms with van der Waals surface area (Å²) < 4.78 is 0. The fourth-order valence-corrected chi connectivity index (χ4v) is 1.75. The van der Waals surface area contributed by atoms with Crippen LogP contribution in [0.3, 0.4) is 0 Å². The van der Waals surface area contributed by atoms with E-state index in [2.05, 4.69) is 15.7 Å². The summed E-state index contributed by atoms with van der Waals surface area (Å²) >= 11 is 1.70. The van der Waals surface area contributed by atoms with Crippen molar-refractivity contribution in [1.82, 2.24) is 10.3 Å². The second kappa shape index (κ2) is 5.32. The number of hydrogen-bond acceptors (Lipinski definition) is 4. The topological polar surface area (TPSA) is 50.9 Å². The van der Waals surface area contributed by atoms with Crippen molar-refractivity contribution in [3.63, 3.8) is 0 Å². The van der Waals surface area contributed by atoms with E-state index in [0.717, 1.165) is 30.2 Å². The molecular weight excluding hydrogens is 182 g/mol. The predicted molar refractivity (Wildman–Crippen MR) is 56.8 cm³/mol. The smallest absolute Gasteiger partial charge is 0.107 e. The molecule has 0 saturated carbocycles. The largest absolute Gasteiger partial charge is 0.328 e. The van der Waals surface area contributed by atoms with Gasteiger partial charge in [0.15, 0.2) is 0 Å². The summed E-state index contributed by atoms with van der Waals surface area (Å²) in [5.41, 5.74) is 6.73. The normalized spacial score (nSPS) is 13.2. The molecule has 0 fully saturated rings. The molecule has 4 heteroatoms. The van der Waals surface area contributed by atoms with Crippen molar-refractivity contribution in [2.24, 2.45) is 5.73 Å². The molecule has 0 saturated heterocycles. The molecular formula is C9H17N3S. The van der Waals surface area contributed by atoms with Crippen molar-refractivity contribution >= 4 is 11.3 Å². The number of thiazole rings is 1. The van der Waals surface area contributed by atoms with Gasteiger partial charge in [-0.05, 0) is 26.8 Å². The molecule has 3 nitrogen and oxygen atoms in total. The van der Waals surface area contributed by atoms with Gasteiger partial charge >= 0.3 is 0 Å². The van der Waals surface area contributed by atoms with Gasteiger partial charge in [-0.3, -0.25) is 0 Å². The molecule has 1 rings (SSSR count). The third kappa shape index (κ3) is 4.36. The number of nitrogens with zero attached hydrogens (tertiary/aromatic N) is 1. The molecule has 0 spiro atoms. The average molecular weight is 199 g/mol. The van der Waals surface area contributed by atoms with Gasteiger partial charge in [-0.1, -0.05) is 0 Å². The van der Waals surface area contributed by atoms with E-state index in [9.17, 15) is 0 Å². The maximum atomic E-state index is 5.62. The zero-order valence-electron chi connectivity index (χ0n) is 8.21. The second-order valence-electron chi connectivity index (χ2n) is 3.33. The van der Waals surface area contributed by atoms with E-state index in [-0.39, 0.29) is 6.04 Å². The van der Waals surface area contributed by atoms with Crippen LogP contribution in [0.15, 0.2) is 5.38 Å². The molecule has 1 unspecified atom stereocenters. The number of nitrogens with two attached hydrogens (primary N) is 1. The SMILES string of the molecule is Cc1csc(CNCCC(C)N)n1. The van der Waals surface area contributed by atoms with E-state index in [1.807, 2.05) is 13.8 Å². The quantitative estimate of drug-likeness (QED) is 0.702. The van der Waals surface area contributed by atoms with Crippen molar-refractivity contribution in [1.29, 1.82) is 0 Å². The Labute approximate surface area is 83.4 Å². The fraction of sp³-hybridized carbons (Fsp3) is 0.667. The first kappa shape index (κ1) is 10.6. The molecule has 1 atom stereocenters. The minimum atomic E-state index is 0.283. The van der Waals surface area contributed by atoms with E-state index in [1.54, 1.807) is 11.3 Å². The van der Waals surface area contributed by atoms with E-state index in [1.165, 1.54) is 0 Å². The Bertz CT molecular complexity index is 245. The monoisotopic (exact) mass is 199 g/mol. The fourth-order valence-electron chi connectivity index (χ4n) is 1.01. The molecule has 3 N–H and O–H groups in total. The molecule has 0 bridgehead atoms. The first-order valence-electron chi connectivity index (χ1n) is 4.56. The average Bonchev–Trinajstić information content (AvgIpc) is 2.45. The Hall–Kier alpha value is -0.450. The molecule has 0 aliphatic carbocycles. The lowest BCUT2D eigenvalue weighted by molar-refractivity contribution is 0.588. The van der Waals surface area contributed by atoms with Crippen molar-refractivity contribution < 1.29 is 0 Å². The third-order valence-electron chi connectivity index (χ3n) is 1.72. The number of aromatic nitrogens is 1. The molecule has 13 heavy (non-hydrogen) atoms. The summed E-state index contributed by atoms with van der Waals surface area (Å²) in [5, 5.41) is 6.54. The van der Waals surface area contributed by atoms with Crippen molar-refractivity contribution in [3.05, 3.63) is 16.1 Å². The van der Waals surface area contributed by atoms with Gasteiger partial charge in [0.1, 0.15) is 5.01 Å². The molecule has 74 valence electrons. The van der Waals surface area contributed by atoms with Crippen LogP contribution in [0.1, 0.15) is 24.0 Å². The molecule has 1 heterocycles. The number of hydrogen-bond donors (Lipinski definition) is 2. The van der Waals surface area contributed by atoms with Gasteiger partial charge in [0.25, 0.3) is 0 Å². The van der Waals surface area contributed by atoms with Crippen LogP contribution in [-0.4, -0.2) is 17.6 Å². The van der Waals surface area contributed by atoms with Crippen LogP contribution in [0.4, 0.5) is 0 Å². The predicted octanol–water partition coefficient (Wildman–Crippen LogP) is 1.28. The van der Waals surface area contributed by atoms with E-state index >= 15 is 0 Å². The summed E-state index contributed by atoms with van der Waals surface area (Å²) in [5.74, 6) is 0. The molecule has 0 aliphatic heterocycles. The van der Waals surface area contributed by atoms with E-state index in [0.29, 0.717) is 0 Å². The lowest BCUT2D eigenvalue weighted by Crippen LogP contribution is -2.23. The van der Waals surface area contributed by atoms with E-state index < -0.39 is 0 Å². The highest BCUT2D eigenvalue weighted by molar-refractivity contribution is 7.09. The lowest BCUT2D eigenvalue weighted by atomic mass is 10.2. The maximum Gasteiger partial charge on any atom is 0.107 e. The highest BCUT2D eigenvalue weighted by Gasteiger charge is 1.98. The maximum absolute atomic E-state index is 5.62. The van der Waals surface area contributed by atoms with Crippen LogP contribution >= 0.6 is 11.3 Å². The van der Waals surface area contributed by atoms with Gasteiger partial charge in [0.05, 0.1) is 0 Å². The zero-order chi connectivity index (χ0) is 9.68. The molecule has 0 aliphatic rings. The summed E-state index contributed by atoms with van der Waals surface area (Å²) in [6.07, 6.45) is 1.02. The Balaban J connectivity index is 2.13. The summed E-state index contributed by atoms with van der Waals surface area (Å²) in [6, 6.07) is 0.283. The van der Waals surface area contributed by atoms with Gasteiger partial charge < -0.3 is 11.1 Å². The Morgan fingerprint density at radius 1 is 1.69 bits per heavy atom. The number of rotatable bonds is 5. The summed E-state index contributed by atoms with van der Waals surface area (Å²) in [7, 11) is 0. The van der Waals surface area contributed by atoms with Gasteiger partial charge in [-0.2, -0.15) is 0 Å². The Morgan fingerprint density at radius 3 is 3.00 bits per heavy atom. The first-order chi connectivity index (χ1) is 6.18. The summed E-state index contributed by atoms with van der Waals surface area (Å²) in [6.45, 7) is 5.87. The molecule has 1 aromatic heterocycles. The van der Waals surface area contributed by atoms with Crippen molar-refractivity contribution in [2.45, 2.75) is 32.9 Å². The standard InChI is InChI=1S/C9H17N3S/c1-7(10)3-4-11-5-9-12-8(2)6-13-9/h6-7,11H,3-5,10H2,1-2H3. The van der Waals surface area contributed by atoms with Crippen LogP contribution in [0.25, 0.3) is 0 Å². The zero-order valence-corrected chi connectivity index (χ0v) is 9.03. The molecule has 0 radical (unpaired) electrons. The molecule has 0 amide bonds. The highest BCUT2D eigenvalue weighted by Crippen LogP contribution is 2.07. The Kier molecular flexibility index (Phi) is 4.35. The van der Waals surface area contributed by atoms with Crippen molar-refractivity contribution in [3.8, 4) is 0 Å². The van der Waals surface area contributed by atoms with E-state index in [4.69, 9.17) is 5.73 Å².